The molecule has 3 N–H and O–H groups in total. The summed E-state index contributed by atoms with van der Waals surface area (Å²) in [6.45, 7) is 0.435. The Morgan fingerprint density at radius 3 is 2.65 bits per heavy atom. The van der Waals surface area contributed by atoms with E-state index in [-0.39, 0.29) is 11.4 Å². The normalized spacial score (nSPS) is 10.1. The standard InChI is InChI=1S/C13H16ClFN2O3/c14-10-8-9(15)5-6-11(10)17-13(20)16-7-3-1-2-4-12(18)19/h5-6,8H,1-4,7H2,(H,18,19)(H2,16,17,20). The predicted molar refractivity (Wildman–Crippen MR) is 74.5 cm³/mol. The Hall–Kier alpha value is -1.82. The monoisotopic (exact) mass is 302 g/mol. The molecular formula is C13H16ClFN2O3. The number of unbranched alkanes of at least 4 members (excludes halogenated alkanes) is 2. The van der Waals surface area contributed by atoms with Crippen molar-refractivity contribution >= 4 is 29.3 Å². The minimum atomic E-state index is -0.818. The Morgan fingerprint density at radius 1 is 1.25 bits per heavy atom. The van der Waals surface area contributed by atoms with Crippen molar-refractivity contribution in [1.82, 2.24) is 5.32 Å². The number of amides is 2. The Labute approximate surface area is 121 Å². The number of hydrogen-bond donors (Lipinski definition) is 3. The highest BCUT2D eigenvalue weighted by Crippen LogP contribution is 2.22. The fourth-order valence-electron chi connectivity index (χ4n) is 1.54. The van der Waals surface area contributed by atoms with Gasteiger partial charge in [0.1, 0.15) is 5.82 Å². The molecule has 0 aliphatic heterocycles. The molecule has 0 radical (unpaired) electrons. The number of carbonyl (C=O) groups is 2. The van der Waals surface area contributed by atoms with E-state index in [4.69, 9.17) is 16.7 Å². The summed E-state index contributed by atoms with van der Waals surface area (Å²) in [5, 5.41) is 13.7. The van der Waals surface area contributed by atoms with Crippen LogP contribution in [0.15, 0.2) is 18.2 Å². The summed E-state index contributed by atoms with van der Waals surface area (Å²) in [6, 6.07) is 3.26. The lowest BCUT2D eigenvalue weighted by Gasteiger charge is -2.08. The smallest absolute Gasteiger partial charge is 0.319 e. The van der Waals surface area contributed by atoms with Gasteiger partial charge >= 0.3 is 12.0 Å². The average Bonchev–Trinajstić information content (AvgIpc) is 2.36. The van der Waals surface area contributed by atoms with Crippen LogP contribution in [-0.4, -0.2) is 23.7 Å². The second-order valence-electron chi connectivity index (χ2n) is 4.21. The molecule has 0 fully saturated rings. The Morgan fingerprint density at radius 2 is 2.00 bits per heavy atom. The second kappa shape index (κ2) is 8.37. The maximum absolute atomic E-state index is 12.8. The number of halogens is 2. The topological polar surface area (TPSA) is 78.4 Å². The van der Waals surface area contributed by atoms with Crippen LogP contribution in [0.3, 0.4) is 0 Å². The van der Waals surface area contributed by atoms with Crippen molar-refractivity contribution < 1.29 is 19.1 Å². The highest BCUT2D eigenvalue weighted by atomic mass is 35.5. The first kappa shape index (κ1) is 16.2. The molecule has 0 spiro atoms. The van der Waals surface area contributed by atoms with Gasteiger partial charge in [-0.2, -0.15) is 0 Å². The first-order valence-corrected chi connectivity index (χ1v) is 6.58. The molecule has 0 aliphatic rings. The predicted octanol–water partition coefficient (Wildman–Crippen LogP) is 3.25. The summed E-state index contributed by atoms with van der Waals surface area (Å²) >= 11 is 5.77. The molecule has 2 amide bonds. The Balaban J connectivity index is 2.22. The molecule has 0 aliphatic carbocycles. The van der Waals surface area contributed by atoms with E-state index in [1.807, 2.05) is 0 Å². The maximum atomic E-state index is 12.8. The molecule has 0 saturated heterocycles. The van der Waals surface area contributed by atoms with E-state index < -0.39 is 17.8 Å². The molecule has 110 valence electrons. The van der Waals surface area contributed by atoms with Crippen molar-refractivity contribution in [3.8, 4) is 0 Å². The fraction of sp³-hybridized carbons (Fsp3) is 0.385. The molecule has 0 unspecified atom stereocenters. The molecule has 0 saturated carbocycles. The minimum Gasteiger partial charge on any atom is -0.481 e. The first-order chi connectivity index (χ1) is 9.49. The van der Waals surface area contributed by atoms with Gasteiger partial charge in [0.25, 0.3) is 0 Å². The van der Waals surface area contributed by atoms with Crippen LogP contribution in [0, 0.1) is 5.82 Å². The van der Waals surface area contributed by atoms with Crippen molar-refractivity contribution in [2.24, 2.45) is 0 Å². The number of anilines is 1. The molecular weight excluding hydrogens is 287 g/mol. The number of benzene rings is 1. The summed E-state index contributed by atoms with van der Waals surface area (Å²) in [7, 11) is 0. The molecule has 7 heteroatoms. The van der Waals surface area contributed by atoms with E-state index in [0.717, 1.165) is 12.5 Å². The van der Waals surface area contributed by atoms with Gasteiger partial charge < -0.3 is 15.7 Å². The summed E-state index contributed by atoms with van der Waals surface area (Å²) in [6.07, 6.45) is 2.14. The third-order valence-corrected chi connectivity index (χ3v) is 2.85. The van der Waals surface area contributed by atoms with Crippen LogP contribution >= 0.6 is 11.6 Å². The van der Waals surface area contributed by atoms with Gasteiger partial charge in [0.05, 0.1) is 10.7 Å². The van der Waals surface area contributed by atoms with E-state index in [0.29, 0.717) is 25.1 Å². The van der Waals surface area contributed by atoms with Crippen LogP contribution in [0.5, 0.6) is 0 Å². The molecule has 5 nitrogen and oxygen atoms in total. The average molecular weight is 303 g/mol. The zero-order valence-corrected chi connectivity index (χ0v) is 11.5. The van der Waals surface area contributed by atoms with Gasteiger partial charge in [0, 0.05) is 13.0 Å². The Kier molecular flexibility index (Phi) is 6.79. The zero-order valence-electron chi connectivity index (χ0n) is 10.8. The number of aliphatic carboxylic acids is 1. The third kappa shape index (κ3) is 6.38. The highest BCUT2D eigenvalue weighted by Gasteiger charge is 2.06. The van der Waals surface area contributed by atoms with E-state index in [1.165, 1.54) is 12.1 Å². The van der Waals surface area contributed by atoms with E-state index >= 15 is 0 Å². The van der Waals surface area contributed by atoms with Crippen molar-refractivity contribution in [3.05, 3.63) is 29.0 Å². The highest BCUT2D eigenvalue weighted by molar-refractivity contribution is 6.33. The molecule has 0 aromatic heterocycles. The van der Waals surface area contributed by atoms with Gasteiger partial charge in [-0.05, 0) is 31.0 Å². The summed E-state index contributed by atoms with van der Waals surface area (Å²) in [5.41, 5.74) is 0.330. The van der Waals surface area contributed by atoms with E-state index in [1.54, 1.807) is 0 Å². The minimum absolute atomic E-state index is 0.126. The first-order valence-electron chi connectivity index (χ1n) is 6.20. The maximum Gasteiger partial charge on any atom is 0.319 e. The van der Waals surface area contributed by atoms with Crippen LogP contribution in [0.2, 0.25) is 5.02 Å². The largest absolute Gasteiger partial charge is 0.481 e. The van der Waals surface area contributed by atoms with Gasteiger partial charge in [-0.25, -0.2) is 9.18 Å². The molecule has 0 bridgehead atoms. The number of carbonyl (C=O) groups excluding carboxylic acids is 1. The number of urea groups is 1. The summed E-state index contributed by atoms with van der Waals surface area (Å²) < 4.78 is 12.8. The molecule has 0 atom stereocenters. The van der Waals surface area contributed by atoms with Crippen LogP contribution in [-0.2, 0) is 4.79 Å². The van der Waals surface area contributed by atoms with Crippen LogP contribution in [0.1, 0.15) is 25.7 Å². The molecule has 0 heterocycles. The number of carboxylic acids is 1. The van der Waals surface area contributed by atoms with Gasteiger partial charge in [-0.1, -0.05) is 18.0 Å². The van der Waals surface area contributed by atoms with Crippen molar-refractivity contribution in [2.75, 3.05) is 11.9 Å². The van der Waals surface area contributed by atoms with Crippen molar-refractivity contribution in [1.29, 1.82) is 0 Å². The van der Waals surface area contributed by atoms with E-state index in [2.05, 4.69) is 10.6 Å². The summed E-state index contributed by atoms with van der Waals surface area (Å²) in [4.78, 5) is 21.8. The summed E-state index contributed by atoms with van der Waals surface area (Å²) in [5.74, 6) is -1.29. The number of carboxylic acid groups (broad SMARTS) is 1. The van der Waals surface area contributed by atoms with Gasteiger partial charge in [-0.3, -0.25) is 4.79 Å². The zero-order chi connectivity index (χ0) is 15.0. The van der Waals surface area contributed by atoms with Crippen molar-refractivity contribution in [2.45, 2.75) is 25.7 Å². The van der Waals surface area contributed by atoms with Crippen LogP contribution < -0.4 is 10.6 Å². The van der Waals surface area contributed by atoms with Gasteiger partial charge in [-0.15, -0.1) is 0 Å². The number of rotatable bonds is 7. The lowest BCUT2D eigenvalue weighted by molar-refractivity contribution is -0.137. The Bertz CT molecular complexity index is 483. The van der Waals surface area contributed by atoms with Crippen LogP contribution in [0.25, 0.3) is 0 Å². The van der Waals surface area contributed by atoms with Crippen LogP contribution in [0.4, 0.5) is 14.9 Å². The van der Waals surface area contributed by atoms with Gasteiger partial charge in [0.15, 0.2) is 0 Å². The molecule has 1 aromatic rings. The second-order valence-corrected chi connectivity index (χ2v) is 4.62. The number of nitrogens with one attached hydrogen (secondary N) is 2. The lowest BCUT2D eigenvalue weighted by Crippen LogP contribution is -2.29. The van der Waals surface area contributed by atoms with E-state index in [9.17, 15) is 14.0 Å². The lowest BCUT2D eigenvalue weighted by atomic mass is 10.2. The molecule has 20 heavy (non-hydrogen) atoms. The molecule has 1 aromatic carbocycles. The number of hydrogen-bond acceptors (Lipinski definition) is 2. The SMILES string of the molecule is O=C(O)CCCCCNC(=O)Nc1ccc(F)cc1Cl. The van der Waals surface area contributed by atoms with Crippen molar-refractivity contribution in [3.63, 3.8) is 0 Å². The fourth-order valence-corrected chi connectivity index (χ4v) is 1.75. The quantitative estimate of drug-likeness (QED) is 0.677. The third-order valence-electron chi connectivity index (χ3n) is 2.53. The van der Waals surface area contributed by atoms with Gasteiger partial charge in [0.2, 0.25) is 0 Å². The molecule has 1 rings (SSSR count).